The zero-order valence-corrected chi connectivity index (χ0v) is 14.8. The van der Waals surface area contributed by atoms with Gasteiger partial charge in [0, 0.05) is 12.1 Å². The van der Waals surface area contributed by atoms with Crippen molar-refractivity contribution in [1.82, 2.24) is 10.6 Å². The van der Waals surface area contributed by atoms with Crippen LogP contribution in [0.5, 0.6) is 0 Å². The second-order valence-corrected chi connectivity index (χ2v) is 7.21. The van der Waals surface area contributed by atoms with E-state index in [0.717, 1.165) is 31.2 Å². The van der Waals surface area contributed by atoms with Gasteiger partial charge in [0.25, 0.3) is 5.91 Å². The molecule has 5 nitrogen and oxygen atoms in total. The third-order valence-corrected chi connectivity index (χ3v) is 4.64. The topological polar surface area (TPSA) is 78.4 Å². The molecule has 5 heteroatoms. The molecule has 0 bridgehead atoms. The molecule has 0 saturated heterocycles. The highest BCUT2D eigenvalue weighted by Crippen LogP contribution is 2.28. The van der Waals surface area contributed by atoms with Crippen LogP contribution in [-0.4, -0.2) is 35.1 Å². The number of carbonyl (C=O) groups is 2. The summed E-state index contributed by atoms with van der Waals surface area (Å²) < 4.78 is 0. The smallest absolute Gasteiger partial charge is 0.251 e. The van der Waals surface area contributed by atoms with Crippen molar-refractivity contribution in [2.45, 2.75) is 58.1 Å². The Kier molecular flexibility index (Phi) is 5.99. The van der Waals surface area contributed by atoms with Gasteiger partial charge in [-0.25, -0.2) is 0 Å². The lowest BCUT2D eigenvalue weighted by Crippen LogP contribution is -2.52. The lowest BCUT2D eigenvalue weighted by Gasteiger charge is -2.26. The van der Waals surface area contributed by atoms with Crippen molar-refractivity contribution in [3.05, 3.63) is 35.4 Å². The Morgan fingerprint density at radius 2 is 1.92 bits per heavy atom. The Hall–Kier alpha value is -1.88. The number of hydrogen-bond donors (Lipinski definition) is 3. The molecule has 3 N–H and O–H groups in total. The summed E-state index contributed by atoms with van der Waals surface area (Å²) in [7, 11) is 0. The van der Waals surface area contributed by atoms with E-state index in [9.17, 15) is 14.7 Å². The summed E-state index contributed by atoms with van der Waals surface area (Å²) >= 11 is 0. The van der Waals surface area contributed by atoms with Crippen molar-refractivity contribution in [3.63, 3.8) is 0 Å². The molecule has 1 aromatic rings. The molecule has 0 radical (unpaired) electrons. The fraction of sp³-hybridized carbons (Fsp3) is 0.579. The molecule has 1 aliphatic carbocycles. The van der Waals surface area contributed by atoms with Gasteiger partial charge in [-0.2, -0.15) is 0 Å². The molecular formula is C19H28N2O3. The number of hydrogen-bond acceptors (Lipinski definition) is 3. The van der Waals surface area contributed by atoms with E-state index in [1.165, 1.54) is 0 Å². The molecule has 0 aromatic heterocycles. The first-order chi connectivity index (χ1) is 11.3. The van der Waals surface area contributed by atoms with Gasteiger partial charge < -0.3 is 15.7 Å². The van der Waals surface area contributed by atoms with E-state index in [0.29, 0.717) is 5.56 Å². The molecule has 132 valence electrons. The molecule has 2 amide bonds. The van der Waals surface area contributed by atoms with E-state index in [1.54, 1.807) is 12.1 Å². The van der Waals surface area contributed by atoms with E-state index in [1.807, 2.05) is 32.9 Å². The second-order valence-electron chi connectivity index (χ2n) is 7.21. The summed E-state index contributed by atoms with van der Waals surface area (Å²) in [6.45, 7) is 5.96. The summed E-state index contributed by atoms with van der Waals surface area (Å²) in [5.41, 5.74) is 0.747. The molecule has 1 saturated carbocycles. The molecule has 1 atom stereocenters. The van der Waals surface area contributed by atoms with Crippen LogP contribution in [0.15, 0.2) is 24.3 Å². The van der Waals surface area contributed by atoms with Crippen LogP contribution in [0.25, 0.3) is 0 Å². The van der Waals surface area contributed by atoms with Crippen molar-refractivity contribution in [3.8, 4) is 0 Å². The Morgan fingerprint density at radius 3 is 2.50 bits per heavy atom. The molecule has 0 spiro atoms. The fourth-order valence-electron chi connectivity index (χ4n) is 3.12. The average molecular weight is 332 g/mol. The Labute approximate surface area is 143 Å². The molecule has 1 unspecified atom stereocenters. The van der Waals surface area contributed by atoms with Crippen molar-refractivity contribution in [2.24, 2.45) is 5.92 Å². The predicted octanol–water partition coefficient (Wildman–Crippen LogP) is 2.17. The molecule has 1 aromatic carbocycles. The maximum Gasteiger partial charge on any atom is 0.251 e. The van der Waals surface area contributed by atoms with Crippen LogP contribution < -0.4 is 10.6 Å². The Morgan fingerprint density at radius 1 is 1.25 bits per heavy atom. The summed E-state index contributed by atoms with van der Waals surface area (Å²) in [5.74, 6) is -0.546. The Balaban J connectivity index is 1.97. The predicted molar refractivity (Wildman–Crippen MR) is 93.7 cm³/mol. The first-order valence-corrected chi connectivity index (χ1v) is 8.68. The van der Waals surface area contributed by atoms with Gasteiger partial charge in [0.15, 0.2) is 0 Å². The standard InChI is InChI=1S/C19H28N2O3/c1-13(2)16(18(23)20-12-19(24)9-4-5-10-19)21-17(22)15-8-6-7-14(3)11-15/h6-8,11,13,16,24H,4-5,9-10,12H2,1-3H3,(H,20,23)(H,21,22). The zero-order chi connectivity index (χ0) is 17.7. The second kappa shape index (κ2) is 7.79. The maximum atomic E-state index is 12.5. The third kappa shape index (κ3) is 4.81. The molecular weight excluding hydrogens is 304 g/mol. The average Bonchev–Trinajstić information content (AvgIpc) is 2.97. The molecule has 0 heterocycles. The van der Waals surface area contributed by atoms with Gasteiger partial charge in [-0.05, 0) is 37.8 Å². The van der Waals surface area contributed by atoms with Crippen molar-refractivity contribution in [1.29, 1.82) is 0 Å². The highest BCUT2D eigenvalue weighted by atomic mass is 16.3. The normalized spacial score (nSPS) is 17.5. The maximum absolute atomic E-state index is 12.5. The SMILES string of the molecule is Cc1cccc(C(=O)NC(C(=O)NCC2(O)CCCC2)C(C)C)c1. The summed E-state index contributed by atoms with van der Waals surface area (Å²) in [6, 6.07) is 6.66. The first kappa shape index (κ1) is 18.5. The number of carbonyl (C=O) groups excluding carboxylic acids is 2. The summed E-state index contributed by atoms with van der Waals surface area (Å²) in [5, 5.41) is 16.0. The lowest BCUT2D eigenvalue weighted by molar-refractivity contribution is -0.125. The minimum atomic E-state index is -0.794. The third-order valence-electron chi connectivity index (χ3n) is 4.64. The van der Waals surface area contributed by atoms with E-state index in [-0.39, 0.29) is 24.3 Å². The fourth-order valence-corrected chi connectivity index (χ4v) is 3.12. The van der Waals surface area contributed by atoms with Crippen molar-refractivity contribution in [2.75, 3.05) is 6.54 Å². The number of aliphatic hydroxyl groups is 1. The molecule has 1 aliphatic rings. The van der Waals surface area contributed by atoms with E-state index in [2.05, 4.69) is 10.6 Å². The van der Waals surface area contributed by atoms with Gasteiger partial charge in [-0.3, -0.25) is 9.59 Å². The van der Waals surface area contributed by atoms with Gasteiger partial charge in [0.2, 0.25) is 5.91 Å². The number of nitrogens with one attached hydrogen (secondary N) is 2. The Bertz CT molecular complexity index is 592. The van der Waals surface area contributed by atoms with E-state index < -0.39 is 11.6 Å². The number of aryl methyl sites for hydroxylation is 1. The van der Waals surface area contributed by atoms with Crippen LogP contribution in [0.3, 0.4) is 0 Å². The largest absolute Gasteiger partial charge is 0.388 e. The summed E-state index contributed by atoms with van der Waals surface area (Å²) in [6.07, 6.45) is 3.42. The van der Waals surface area contributed by atoms with Crippen LogP contribution >= 0.6 is 0 Å². The van der Waals surface area contributed by atoms with E-state index in [4.69, 9.17) is 0 Å². The number of amides is 2. The van der Waals surface area contributed by atoms with Crippen LogP contribution in [0.4, 0.5) is 0 Å². The van der Waals surface area contributed by atoms with E-state index >= 15 is 0 Å². The van der Waals surface area contributed by atoms with Crippen LogP contribution in [0.1, 0.15) is 55.5 Å². The van der Waals surface area contributed by atoms with Crippen molar-refractivity contribution >= 4 is 11.8 Å². The van der Waals surface area contributed by atoms with Gasteiger partial charge in [0.1, 0.15) is 6.04 Å². The highest BCUT2D eigenvalue weighted by Gasteiger charge is 2.33. The quantitative estimate of drug-likeness (QED) is 0.747. The molecule has 1 fully saturated rings. The van der Waals surface area contributed by atoms with Gasteiger partial charge in [-0.1, -0.05) is 44.4 Å². The van der Waals surface area contributed by atoms with Crippen molar-refractivity contribution < 1.29 is 14.7 Å². The van der Waals surface area contributed by atoms with Gasteiger partial charge in [0.05, 0.1) is 5.60 Å². The van der Waals surface area contributed by atoms with Gasteiger partial charge >= 0.3 is 0 Å². The zero-order valence-electron chi connectivity index (χ0n) is 14.8. The molecule has 2 rings (SSSR count). The van der Waals surface area contributed by atoms with Gasteiger partial charge in [-0.15, -0.1) is 0 Å². The highest BCUT2D eigenvalue weighted by molar-refractivity contribution is 5.97. The minimum absolute atomic E-state index is 0.0445. The van der Waals surface area contributed by atoms with Crippen LogP contribution in [0, 0.1) is 12.8 Å². The molecule has 24 heavy (non-hydrogen) atoms. The lowest BCUT2D eigenvalue weighted by atomic mass is 10.00. The minimum Gasteiger partial charge on any atom is -0.388 e. The number of rotatable bonds is 6. The number of benzene rings is 1. The molecule has 0 aliphatic heterocycles. The monoisotopic (exact) mass is 332 g/mol. The van der Waals surface area contributed by atoms with Crippen LogP contribution in [0.2, 0.25) is 0 Å². The van der Waals surface area contributed by atoms with Crippen LogP contribution in [-0.2, 0) is 4.79 Å². The summed E-state index contributed by atoms with van der Waals surface area (Å²) in [4.78, 5) is 24.9. The first-order valence-electron chi connectivity index (χ1n) is 8.68.